The number of rotatable bonds is 8. The molecule has 2 N–H and O–H groups in total. The molecular formula is C23H24Cl2N4O3. The molecule has 0 saturated carbocycles. The lowest BCUT2D eigenvalue weighted by molar-refractivity contribution is -0.142. The Kier molecular flexibility index (Phi) is 7.88. The molecule has 1 heterocycles. The molecule has 32 heavy (non-hydrogen) atoms. The fraction of sp³-hybridized carbons (Fsp3) is 0.304. The van der Waals surface area contributed by atoms with Gasteiger partial charge in [0, 0.05) is 15.4 Å². The quantitative estimate of drug-likeness (QED) is 0.469. The van der Waals surface area contributed by atoms with Gasteiger partial charge in [0.2, 0.25) is 5.91 Å². The van der Waals surface area contributed by atoms with Crippen LogP contribution in [0.25, 0.3) is 10.9 Å². The Morgan fingerprint density at radius 2 is 1.84 bits per heavy atom. The number of benzene rings is 2. The Bertz CT molecular complexity index is 1140. The Hall–Kier alpha value is -2.90. The minimum absolute atomic E-state index is 0.0246. The minimum atomic E-state index is -0.576. The van der Waals surface area contributed by atoms with Crippen molar-refractivity contribution >= 4 is 51.8 Å². The van der Waals surface area contributed by atoms with Gasteiger partial charge in [-0.1, -0.05) is 55.2 Å². The monoisotopic (exact) mass is 474 g/mol. The Balaban J connectivity index is 1.79. The molecule has 3 aromatic rings. The number of fused-ring (bicyclic) bond motifs is 1. The fourth-order valence-electron chi connectivity index (χ4n) is 3.16. The number of anilines is 1. The first-order valence-electron chi connectivity index (χ1n) is 10.1. The second kappa shape index (κ2) is 10.6. The van der Waals surface area contributed by atoms with Crippen molar-refractivity contribution in [3.63, 3.8) is 0 Å². The molecule has 9 heteroatoms. The van der Waals surface area contributed by atoms with Crippen LogP contribution in [0.3, 0.4) is 0 Å². The van der Waals surface area contributed by atoms with Crippen molar-refractivity contribution < 1.29 is 14.3 Å². The van der Waals surface area contributed by atoms with E-state index >= 15 is 0 Å². The molecule has 2 aromatic carbocycles. The predicted molar refractivity (Wildman–Crippen MR) is 126 cm³/mol. The van der Waals surface area contributed by atoms with Gasteiger partial charge in [0.05, 0.1) is 25.6 Å². The molecule has 3 rings (SSSR count). The Morgan fingerprint density at radius 3 is 2.53 bits per heavy atom. The van der Waals surface area contributed by atoms with Crippen LogP contribution < -0.4 is 10.6 Å². The second-order valence-electron chi connectivity index (χ2n) is 7.58. The summed E-state index contributed by atoms with van der Waals surface area (Å²) in [5, 5.41) is 7.71. The van der Waals surface area contributed by atoms with Gasteiger partial charge >= 0.3 is 5.97 Å². The van der Waals surface area contributed by atoms with Crippen LogP contribution in [0.5, 0.6) is 0 Å². The predicted octanol–water partition coefficient (Wildman–Crippen LogP) is 4.41. The topological polar surface area (TPSA) is 93.2 Å². The zero-order valence-electron chi connectivity index (χ0n) is 18.0. The summed E-state index contributed by atoms with van der Waals surface area (Å²) in [6.45, 7) is 3.95. The molecule has 0 unspecified atom stereocenters. The third kappa shape index (κ3) is 5.87. The molecule has 0 fully saturated rings. The van der Waals surface area contributed by atoms with Gasteiger partial charge in [0.25, 0.3) is 0 Å². The highest BCUT2D eigenvalue weighted by molar-refractivity contribution is 6.35. The normalized spacial score (nSPS) is 11.9. The summed E-state index contributed by atoms with van der Waals surface area (Å²) in [7, 11) is 1.35. The first-order valence-corrected chi connectivity index (χ1v) is 10.8. The van der Waals surface area contributed by atoms with Crippen LogP contribution in [0.15, 0.2) is 42.5 Å². The zero-order valence-corrected chi connectivity index (χ0v) is 19.5. The molecule has 0 aliphatic carbocycles. The summed E-state index contributed by atoms with van der Waals surface area (Å²) in [6.07, 6.45) is 0.104. The molecular weight excluding hydrogens is 451 g/mol. The maximum Gasteiger partial charge on any atom is 0.328 e. The van der Waals surface area contributed by atoms with Gasteiger partial charge < -0.3 is 15.4 Å². The lowest BCUT2D eigenvalue weighted by atomic mass is 10.0. The van der Waals surface area contributed by atoms with E-state index in [0.29, 0.717) is 32.8 Å². The van der Waals surface area contributed by atoms with E-state index in [9.17, 15) is 9.59 Å². The van der Waals surface area contributed by atoms with Crippen molar-refractivity contribution in [3.05, 3.63) is 63.9 Å². The molecule has 0 spiro atoms. The number of para-hydroxylation sites is 1. The van der Waals surface area contributed by atoms with Crippen LogP contribution in [-0.2, 0) is 27.3 Å². The molecule has 0 aliphatic heterocycles. The molecule has 1 atom stereocenters. The number of amides is 1. The van der Waals surface area contributed by atoms with Crippen molar-refractivity contribution in [3.8, 4) is 0 Å². The van der Waals surface area contributed by atoms with Crippen LogP contribution in [0, 0.1) is 5.92 Å². The van der Waals surface area contributed by atoms with Crippen LogP contribution in [0.2, 0.25) is 10.0 Å². The van der Waals surface area contributed by atoms with E-state index < -0.39 is 6.04 Å². The fourth-order valence-corrected chi connectivity index (χ4v) is 3.64. The van der Waals surface area contributed by atoms with E-state index in [4.69, 9.17) is 27.9 Å². The smallest absolute Gasteiger partial charge is 0.328 e. The molecule has 0 aliphatic rings. The second-order valence-corrected chi connectivity index (χ2v) is 8.43. The molecule has 1 aromatic heterocycles. The Morgan fingerprint density at radius 1 is 1.09 bits per heavy atom. The number of methoxy groups -OCH3 is 1. The molecule has 0 saturated heterocycles. The highest BCUT2D eigenvalue weighted by atomic mass is 35.5. The van der Waals surface area contributed by atoms with Gasteiger partial charge in [-0.15, -0.1) is 0 Å². The van der Waals surface area contributed by atoms with E-state index in [-0.39, 0.29) is 30.8 Å². The van der Waals surface area contributed by atoms with E-state index in [0.717, 1.165) is 5.39 Å². The molecule has 1 amide bonds. The molecule has 0 bridgehead atoms. The molecule has 0 radical (unpaired) electrons. The average molecular weight is 475 g/mol. The number of esters is 1. The lowest BCUT2D eigenvalue weighted by Gasteiger charge is -2.21. The van der Waals surface area contributed by atoms with E-state index in [1.165, 1.54) is 7.11 Å². The van der Waals surface area contributed by atoms with Crippen molar-refractivity contribution in [1.82, 2.24) is 15.3 Å². The van der Waals surface area contributed by atoms with E-state index in [1.54, 1.807) is 18.2 Å². The highest BCUT2D eigenvalue weighted by Gasteiger charge is 2.24. The highest BCUT2D eigenvalue weighted by Crippen LogP contribution is 2.23. The van der Waals surface area contributed by atoms with Crippen molar-refractivity contribution in [2.24, 2.45) is 5.92 Å². The summed E-state index contributed by atoms with van der Waals surface area (Å²) in [4.78, 5) is 33.7. The van der Waals surface area contributed by atoms with Gasteiger partial charge in [-0.05, 0) is 35.7 Å². The van der Waals surface area contributed by atoms with Crippen LogP contribution in [-0.4, -0.2) is 35.0 Å². The summed E-state index contributed by atoms with van der Waals surface area (Å²) < 4.78 is 4.92. The van der Waals surface area contributed by atoms with Crippen LogP contribution in [0.1, 0.15) is 25.2 Å². The van der Waals surface area contributed by atoms with Crippen molar-refractivity contribution in [2.75, 3.05) is 12.4 Å². The molecule has 7 nitrogen and oxygen atoms in total. The first-order chi connectivity index (χ1) is 15.3. The lowest BCUT2D eigenvalue weighted by Crippen LogP contribution is -2.36. The standard InChI is InChI=1S/C23H24Cl2N4O3/c1-13(2)21(23(31)32-3)29-22-16-6-4-5-7-18(16)27-19(28-22)12-26-20(30)10-14-8-9-15(24)11-17(14)25/h4-9,11,13,21H,10,12H2,1-3H3,(H,26,30)(H,27,28,29)/t21-/m0/s1. The largest absolute Gasteiger partial charge is 0.467 e. The van der Waals surface area contributed by atoms with Crippen LogP contribution in [0.4, 0.5) is 5.82 Å². The number of carbonyl (C=O) groups excluding carboxylic acids is 2. The summed E-state index contributed by atoms with van der Waals surface area (Å²) in [5.41, 5.74) is 1.37. The van der Waals surface area contributed by atoms with Gasteiger partial charge in [-0.25, -0.2) is 14.8 Å². The number of hydrogen-bond donors (Lipinski definition) is 2. The number of hydrogen-bond acceptors (Lipinski definition) is 6. The average Bonchev–Trinajstić information content (AvgIpc) is 2.77. The van der Waals surface area contributed by atoms with Gasteiger partial charge in [-0.3, -0.25) is 4.79 Å². The Labute approximate surface area is 196 Å². The first kappa shape index (κ1) is 23.8. The summed E-state index contributed by atoms with van der Waals surface area (Å²) in [5.74, 6) is 0.287. The number of halogens is 2. The van der Waals surface area contributed by atoms with Crippen LogP contribution >= 0.6 is 23.2 Å². The summed E-state index contributed by atoms with van der Waals surface area (Å²) in [6, 6.07) is 11.9. The minimum Gasteiger partial charge on any atom is -0.467 e. The third-order valence-electron chi connectivity index (χ3n) is 4.87. The number of aromatic nitrogens is 2. The maximum absolute atomic E-state index is 12.4. The number of carbonyl (C=O) groups is 2. The molecule has 168 valence electrons. The van der Waals surface area contributed by atoms with E-state index in [2.05, 4.69) is 20.6 Å². The number of nitrogens with one attached hydrogen (secondary N) is 2. The van der Waals surface area contributed by atoms with E-state index in [1.807, 2.05) is 38.1 Å². The van der Waals surface area contributed by atoms with Crippen molar-refractivity contribution in [1.29, 1.82) is 0 Å². The zero-order chi connectivity index (χ0) is 23.3. The maximum atomic E-state index is 12.4. The van der Waals surface area contributed by atoms with Gasteiger partial charge in [-0.2, -0.15) is 0 Å². The summed E-state index contributed by atoms with van der Waals surface area (Å²) >= 11 is 12.1. The number of nitrogens with zero attached hydrogens (tertiary/aromatic N) is 2. The van der Waals surface area contributed by atoms with Gasteiger partial charge in [0.1, 0.15) is 11.9 Å². The van der Waals surface area contributed by atoms with Crippen molar-refractivity contribution in [2.45, 2.75) is 32.9 Å². The third-order valence-corrected chi connectivity index (χ3v) is 5.46. The number of ether oxygens (including phenoxy) is 1. The van der Waals surface area contributed by atoms with Gasteiger partial charge in [0.15, 0.2) is 5.82 Å². The SMILES string of the molecule is COC(=O)[C@@H](Nc1nc(CNC(=O)Cc2ccc(Cl)cc2Cl)nc2ccccc12)C(C)C.